The van der Waals surface area contributed by atoms with Gasteiger partial charge in [-0.25, -0.2) is 4.79 Å². The summed E-state index contributed by atoms with van der Waals surface area (Å²) in [6.45, 7) is 0.811. The Morgan fingerprint density at radius 2 is 2.33 bits per heavy atom. The fraction of sp³-hybridized carbons (Fsp3) is 0.500. The van der Waals surface area contributed by atoms with Gasteiger partial charge >= 0.3 is 6.09 Å². The zero-order valence-corrected chi connectivity index (χ0v) is 10.8. The van der Waals surface area contributed by atoms with E-state index in [9.17, 15) is 4.79 Å². The minimum atomic E-state index is -0.193. The quantitative estimate of drug-likeness (QED) is 0.826. The van der Waals surface area contributed by atoms with Crippen LogP contribution < -0.4 is 5.32 Å². The first-order chi connectivity index (χ1) is 8.76. The van der Waals surface area contributed by atoms with E-state index in [0.717, 1.165) is 19.4 Å². The minimum absolute atomic E-state index is 0.193. The van der Waals surface area contributed by atoms with E-state index in [0.29, 0.717) is 5.92 Å². The molecule has 4 nitrogen and oxygen atoms in total. The Kier molecular flexibility index (Phi) is 2.65. The van der Waals surface area contributed by atoms with Crippen molar-refractivity contribution in [2.24, 2.45) is 0 Å². The molecule has 1 N–H and O–H groups in total. The molecular weight excluding hydrogens is 228 g/mol. The maximum absolute atomic E-state index is 11.8. The number of benzene rings is 1. The van der Waals surface area contributed by atoms with Gasteiger partial charge in [-0.3, -0.25) is 0 Å². The summed E-state index contributed by atoms with van der Waals surface area (Å²) < 4.78 is 4.87. The van der Waals surface area contributed by atoms with Crippen LogP contribution in [-0.4, -0.2) is 37.7 Å². The van der Waals surface area contributed by atoms with Gasteiger partial charge in [0.2, 0.25) is 0 Å². The summed E-state index contributed by atoms with van der Waals surface area (Å²) in [6, 6.07) is 6.67. The van der Waals surface area contributed by atoms with Crippen LogP contribution >= 0.6 is 0 Å². The number of rotatable bonds is 1. The van der Waals surface area contributed by atoms with Gasteiger partial charge in [0, 0.05) is 31.2 Å². The van der Waals surface area contributed by atoms with Crippen molar-refractivity contribution in [1.29, 1.82) is 0 Å². The van der Waals surface area contributed by atoms with Gasteiger partial charge in [0.15, 0.2) is 0 Å². The average Bonchev–Trinajstić information content (AvgIpc) is 2.96. The van der Waals surface area contributed by atoms with Crippen molar-refractivity contribution in [2.75, 3.05) is 26.0 Å². The second-order valence-corrected chi connectivity index (χ2v) is 4.95. The molecule has 18 heavy (non-hydrogen) atoms. The van der Waals surface area contributed by atoms with Gasteiger partial charge in [-0.2, -0.15) is 0 Å². The van der Waals surface area contributed by atoms with Crippen LogP contribution in [0, 0.1) is 0 Å². The Morgan fingerprint density at radius 1 is 1.50 bits per heavy atom. The summed E-state index contributed by atoms with van der Waals surface area (Å²) in [6.07, 6.45) is 1.78. The molecule has 1 aliphatic heterocycles. The van der Waals surface area contributed by atoms with Gasteiger partial charge < -0.3 is 15.0 Å². The molecule has 4 heteroatoms. The van der Waals surface area contributed by atoms with Gasteiger partial charge in [0.1, 0.15) is 0 Å². The highest BCUT2D eigenvalue weighted by atomic mass is 16.5. The Morgan fingerprint density at radius 3 is 3.06 bits per heavy atom. The standard InChI is InChI=1S/C14H18N2O2/c1-15-12-5-3-4-9-10-6-7-16(14(17)18-2)13(10)8-11(9)12/h3-5,10,13,15H,6-8H2,1-2H3/t10-,13+/m1/s1. The Bertz CT molecular complexity index is 487. The van der Waals surface area contributed by atoms with Crippen molar-refractivity contribution in [3.63, 3.8) is 0 Å². The number of carbonyl (C=O) groups excluding carboxylic acids is 1. The molecule has 1 aromatic rings. The van der Waals surface area contributed by atoms with E-state index in [1.54, 1.807) is 0 Å². The van der Waals surface area contributed by atoms with Crippen LogP contribution in [-0.2, 0) is 11.2 Å². The van der Waals surface area contributed by atoms with E-state index in [2.05, 4.69) is 23.5 Å². The van der Waals surface area contributed by atoms with Crippen molar-refractivity contribution < 1.29 is 9.53 Å². The van der Waals surface area contributed by atoms with Crippen molar-refractivity contribution in [3.05, 3.63) is 29.3 Å². The van der Waals surface area contributed by atoms with Crippen LogP contribution in [0.4, 0.5) is 10.5 Å². The number of ether oxygens (including phenoxy) is 1. The molecule has 1 amide bonds. The topological polar surface area (TPSA) is 41.6 Å². The monoisotopic (exact) mass is 246 g/mol. The third-order valence-corrected chi connectivity index (χ3v) is 4.25. The molecule has 3 rings (SSSR count). The SMILES string of the molecule is CNc1cccc2c1C[C@H]1[C@@H]2CCN1C(=O)OC. The van der Waals surface area contributed by atoms with Crippen LogP contribution in [0.5, 0.6) is 0 Å². The lowest BCUT2D eigenvalue weighted by Crippen LogP contribution is -2.36. The number of hydrogen-bond acceptors (Lipinski definition) is 3. The Hall–Kier alpha value is -1.71. The largest absolute Gasteiger partial charge is 0.453 e. The highest BCUT2D eigenvalue weighted by Gasteiger charge is 2.44. The van der Waals surface area contributed by atoms with Crippen LogP contribution in [0.2, 0.25) is 0 Å². The lowest BCUT2D eigenvalue weighted by molar-refractivity contribution is 0.118. The maximum atomic E-state index is 11.8. The van der Waals surface area contributed by atoms with E-state index in [4.69, 9.17) is 4.74 Å². The first-order valence-electron chi connectivity index (χ1n) is 6.40. The third kappa shape index (κ3) is 1.48. The molecule has 0 bridgehead atoms. The normalized spacial score (nSPS) is 24.7. The Balaban J connectivity index is 1.94. The first kappa shape index (κ1) is 11.4. The van der Waals surface area contributed by atoms with E-state index < -0.39 is 0 Å². The van der Waals surface area contributed by atoms with Crippen molar-refractivity contribution >= 4 is 11.8 Å². The summed E-state index contributed by atoms with van der Waals surface area (Å²) in [5.74, 6) is 0.479. The number of amides is 1. The number of methoxy groups -OCH3 is 1. The molecule has 2 atom stereocenters. The Labute approximate surface area is 107 Å². The molecule has 0 spiro atoms. The van der Waals surface area contributed by atoms with Crippen molar-refractivity contribution in [1.82, 2.24) is 4.90 Å². The predicted octanol–water partition coefficient (Wildman–Crippen LogP) is 2.21. The molecule has 0 saturated carbocycles. The van der Waals surface area contributed by atoms with E-state index in [1.807, 2.05) is 11.9 Å². The molecule has 1 aromatic carbocycles. The zero-order chi connectivity index (χ0) is 12.7. The summed E-state index contributed by atoms with van der Waals surface area (Å²) in [5.41, 5.74) is 3.95. The van der Waals surface area contributed by atoms with Crippen molar-refractivity contribution in [3.8, 4) is 0 Å². The first-order valence-corrected chi connectivity index (χ1v) is 6.40. The van der Waals surface area contributed by atoms with Gasteiger partial charge in [0.25, 0.3) is 0 Å². The molecule has 1 heterocycles. The molecular formula is C14H18N2O2. The minimum Gasteiger partial charge on any atom is -0.453 e. The number of hydrogen-bond donors (Lipinski definition) is 1. The number of anilines is 1. The zero-order valence-electron chi connectivity index (χ0n) is 10.8. The molecule has 96 valence electrons. The fourth-order valence-electron chi connectivity index (χ4n) is 3.44. The lowest BCUT2D eigenvalue weighted by atomic mass is 9.98. The summed E-state index contributed by atoms with van der Waals surface area (Å²) in [7, 11) is 3.40. The predicted molar refractivity (Wildman–Crippen MR) is 69.9 cm³/mol. The number of nitrogens with one attached hydrogen (secondary N) is 1. The number of fused-ring (bicyclic) bond motifs is 3. The maximum Gasteiger partial charge on any atom is 0.409 e. The van der Waals surface area contributed by atoms with E-state index in [1.165, 1.54) is 23.9 Å². The van der Waals surface area contributed by atoms with Gasteiger partial charge in [-0.15, -0.1) is 0 Å². The molecule has 1 saturated heterocycles. The molecule has 0 radical (unpaired) electrons. The molecule has 0 unspecified atom stereocenters. The third-order valence-electron chi connectivity index (χ3n) is 4.25. The lowest BCUT2D eigenvalue weighted by Gasteiger charge is -2.22. The number of likely N-dealkylation sites (tertiary alicyclic amines) is 1. The van der Waals surface area contributed by atoms with Crippen LogP contribution in [0.15, 0.2) is 18.2 Å². The van der Waals surface area contributed by atoms with Crippen LogP contribution in [0.3, 0.4) is 0 Å². The highest BCUT2D eigenvalue weighted by molar-refractivity contribution is 5.70. The number of nitrogens with zero attached hydrogens (tertiary/aromatic N) is 1. The van der Waals surface area contributed by atoms with Crippen LogP contribution in [0.1, 0.15) is 23.5 Å². The second-order valence-electron chi connectivity index (χ2n) is 4.95. The van der Waals surface area contributed by atoms with E-state index in [-0.39, 0.29) is 12.1 Å². The smallest absolute Gasteiger partial charge is 0.409 e. The molecule has 0 aromatic heterocycles. The fourth-order valence-corrected chi connectivity index (χ4v) is 3.44. The van der Waals surface area contributed by atoms with Crippen molar-refractivity contribution in [2.45, 2.75) is 24.8 Å². The van der Waals surface area contributed by atoms with Crippen LogP contribution in [0.25, 0.3) is 0 Å². The summed E-state index contributed by atoms with van der Waals surface area (Å²) in [4.78, 5) is 13.6. The summed E-state index contributed by atoms with van der Waals surface area (Å²) in [5, 5.41) is 3.24. The molecule has 2 aliphatic rings. The highest BCUT2D eigenvalue weighted by Crippen LogP contribution is 2.45. The van der Waals surface area contributed by atoms with Gasteiger partial charge in [-0.1, -0.05) is 12.1 Å². The number of carbonyl (C=O) groups is 1. The molecule has 1 aliphatic carbocycles. The second kappa shape index (κ2) is 4.19. The summed E-state index contributed by atoms with van der Waals surface area (Å²) >= 11 is 0. The molecule has 1 fully saturated rings. The van der Waals surface area contributed by atoms with Gasteiger partial charge in [-0.05, 0) is 30.0 Å². The average molecular weight is 246 g/mol. The van der Waals surface area contributed by atoms with Gasteiger partial charge in [0.05, 0.1) is 7.11 Å². The van der Waals surface area contributed by atoms with E-state index >= 15 is 0 Å².